The van der Waals surface area contributed by atoms with Crippen LogP contribution in [0.5, 0.6) is 0 Å². The number of amides is 1. The lowest BCUT2D eigenvalue weighted by molar-refractivity contribution is -0.121. The maximum atomic E-state index is 12.0. The van der Waals surface area contributed by atoms with Crippen molar-refractivity contribution in [1.29, 1.82) is 0 Å². The Balaban J connectivity index is 1.54. The molecule has 0 radical (unpaired) electrons. The van der Waals surface area contributed by atoms with Crippen LogP contribution in [-0.4, -0.2) is 34.8 Å². The number of nitrogens with zero attached hydrogens (tertiary/aromatic N) is 3. The van der Waals surface area contributed by atoms with Crippen molar-refractivity contribution in [3.05, 3.63) is 65.5 Å². The van der Waals surface area contributed by atoms with E-state index in [0.29, 0.717) is 18.5 Å². The molecule has 7 heteroatoms. The number of methoxy groups -OCH3 is 1. The van der Waals surface area contributed by atoms with Gasteiger partial charge in [-0.1, -0.05) is 24.3 Å². The van der Waals surface area contributed by atoms with E-state index in [1.54, 1.807) is 24.3 Å². The lowest BCUT2D eigenvalue weighted by Gasteiger charge is -2.06. The highest BCUT2D eigenvalue weighted by atomic mass is 16.5. The first-order chi connectivity index (χ1) is 13.1. The number of aromatic nitrogens is 2. The highest BCUT2D eigenvalue weighted by Gasteiger charge is 2.08. The number of esters is 1. The number of benzene rings is 2. The first-order valence-corrected chi connectivity index (χ1v) is 8.50. The largest absolute Gasteiger partial charge is 0.465 e. The average molecular weight is 364 g/mol. The number of imidazole rings is 1. The number of hydrazone groups is 1. The van der Waals surface area contributed by atoms with Gasteiger partial charge in [-0.15, -0.1) is 0 Å². The molecule has 0 saturated carbocycles. The summed E-state index contributed by atoms with van der Waals surface area (Å²) < 4.78 is 6.66. The van der Waals surface area contributed by atoms with E-state index in [0.717, 1.165) is 22.4 Å². The number of para-hydroxylation sites is 2. The van der Waals surface area contributed by atoms with Crippen LogP contribution in [0.3, 0.4) is 0 Å². The Morgan fingerprint density at radius 3 is 2.67 bits per heavy atom. The Bertz CT molecular complexity index is 990. The molecule has 0 saturated heterocycles. The first-order valence-electron chi connectivity index (χ1n) is 8.50. The van der Waals surface area contributed by atoms with Crippen molar-refractivity contribution in [3.63, 3.8) is 0 Å². The molecule has 0 spiro atoms. The van der Waals surface area contributed by atoms with E-state index in [9.17, 15) is 9.59 Å². The quantitative estimate of drug-likeness (QED) is 0.414. The van der Waals surface area contributed by atoms with Crippen LogP contribution < -0.4 is 5.43 Å². The molecule has 2 aromatic carbocycles. The third-order valence-electron chi connectivity index (χ3n) is 4.14. The average Bonchev–Trinajstić information content (AvgIpc) is 3.01. The number of ether oxygens (including phenoxy) is 1. The molecular formula is C20H20N4O3. The molecule has 3 aromatic rings. The van der Waals surface area contributed by atoms with Crippen molar-refractivity contribution in [2.45, 2.75) is 19.9 Å². The molecule has 138 valence electrons. The van der Waals surface area contributed by atoms with Gasteiger partial charge in [-0.25, -0.2) is 15.2 Å². The highest BCUT2D eigenvalue weighted by molar-refractivity contribution is 5.90. The van der Waals surface area contributed by atoms with Gasteiger partial charge in [0.05, 0.1) is 29.9 Å². The van der Waals surface area contributed by atoms with Gasteiger partial charge in [-0.2, -0.15) is 5.10 Å². The van der Waals surface area contributed by atoms with Crippen molar-refractivity contribution >= 4 is 29.1 Å². The van der Waals surface area contributed by atoms with Crippen LogP contribution in [0.15, 0.2) is 53.6 Å². The number of hydrogen-bond donors (Lipinski definition) is 1. The lowest BCUT2D eigenvalue weighted by Crippen LogP contribution is -2.19. The summed E-state index contributed by atoms with van der Waals surface area (Å²) in [5.41, 5.74) is 5.67. The van der Waals surface area contributed by atoms with Gasteiger partial charge in [0, 0.05) is 13.0 Å². The predicted molar refractivity (Wildman–Crippen MR) is 103 cm³/mol. The van der Waals surface area contributed by atoms with Gasteiger partial charge in [-0.05, 0) is 36.8 Å². The molecule has 1 N–H and O–H groups in total. The minimum Gasteiger partial charge on any atom is -0.465 e. The van der Waals surface area contributed by atoms with Crippen LogP contribution in [0.25, 0.3) is 11.0 Å². The van der Waals surface area contributed by atoms with Crippen molar-refractivity contribution in [1.82, 2.24) is 15.0 Å². The number of carbonyl (C=O) groups excluding carboxylic acids is 2. The molecule has 1 amide bonds. The van der Waals surface area contributed by atoms with Gasteiger partial charge in [0.25, 0.3) is 0 Å². The second-order valence-electron chi connectivity index (χ2n) is 5.96. The zero-order chi connectivity index (χ0) is 19.2. The normalized spacial score (nSPS) is 11.0. The number of carbonyl (C=O) groups is 2. The molecule has 3 rings (SSSR count). The lowest BCUT2D eigenvalue weighted by atomic mass is 10.1. The molecule has 0 unspecified atom stereocenters. The van der Waals surface area contributed by atoms with Crippen LogP contribution >= 0.6 is 0 Å². The number of fused-ring (bicyclic) bond motifs is 1. The number of hydrogen-bond acceptors (Lipinski definition) is 5. The SMILES string of the molecule is COC(=O)c1ccc(/C=N\NC(=O)CCn2c(C)nc3ccccc32)cc1. The van der Waals surface area contributed by atoms with E-state index in [2.05, 4.69) is 20.2 Å². The summed E-state index contributed by atoms with van der Waals surface area (Å²) in [5, 5.41) is 3.96. The van der Waals surface area contributed by atoms with Crippen molar-refractivity contribution in [2.75, 3.05) is 7.11 Å². The summed E-state index contributed by atoms with van der Waals surface area (Å²) in [7, 11) is 1.33. The summed E-state index contributed by atoms with van der Waals surface area (Å²) in [6.07, 6.45) is 1.82. The van der Waals surface area contributed by atoms with E-state index in [-0.39, 0.29) is 5.91 Å². The van der Waals surface area contributed by atoms with Crippen molar-refractivity contribution < 1.29 is 14.3 Å². The van der Waals surface area contributed by atoms with Crippen LogP contribution in [-0.2, 0) is 16.1 Å². The summed E-state index contributed by atoms with van der Waals surface area (Å²) in [5.74, 6) is 0.293. The smallest absolute Gasteiger partial charge is 0.337 e. The summed E-state index contributed by atoms with van der Waals surface area (Å²) >= 11 is 0. The third kappa shape index (κ3) is 4.38. The van der Waals surface area contributed by atoms with Gasteiger partial charge >= 0.3 is 5.97 Å². The number of nitrogens with one attached hydrogen (secondary N) is 1. The number of aryl methyl sites for hydroxylation is 2. The minimum atomic E-state index is -0.394. The molecule has 1 aromatic heterocycles. The van der Waals surface area contributed by atoms with Crippen LogP contribution in [0.2, 0.25) is 0 Å². The minimum absolute atomic E-state index is 0.186. The Kier molecular flexibility index (Phi) is 5.61. The molecule has 0 aliphatic heterocycles. The fraction of sp³-hybridized carbons (Fsp3) is 0.200. The van der Waals surface area contributed by atoms with Crippen LogP contribution in [0.4, 0.5) is 0 Å². The van der Waals surface area contributed by atoms with Crippen molar-refractivity contribution in [3.8, 4) is 0 Å². The Morgan fingerprint density at radius 2 is 1.93 bits per heavy atom. The molecule has 7 nitrogen and oxygen atoms in total. The van der Waals surface area contributed by atoms with Crippen LogP contribution in [0.1, 0.15) is 28.2 Å². The summed E-state index contributed by atoms with van der Waals surface area (Å²) in [6.45, 7) is 2.45. The molecular weight excluding hydrogens is 344 g/mol. The molecule has 0 atom stereocenters. The van der Waals surface area contributed by atoms with Gasteiger partial charge < -0.3 is 9.30 Å². The fourth-order valence-corrected chi connectivity index (χ4v) is 2.75. The van der Waals surface area contributed by atoms with Gasteiger partial charge in [0.1, 0.15) is 5.82 Å². The molecule has 1 heterocycles. The second kappa shape index (κ2) is 8.27. The predicted octanol–water partition coefficient (Wildman–Crippen LogP) is 2.67. The topological polar surface area (TPSA) is 85.6 Å². The zero-order valence-corrected chi connectivity index (χ0v) is 15.2. The maximum absolute atomic E-state index is 12.0. The maximum Gasteiger partial charge on any atom is 0.337 e. The molecule has 0 aliphatic rings. The second-order valence-corrected chi connectivity index (χ2v) is 5.96. The third-order valence-corrected chi connectivity index (χ3v) is 4.14. The molecule has 0 aliphatic carbocycles. The van der Waals surface area contributed by atoms with Crippen LogP contribution in [0, 0.1) is 6.92 Å². The molecule has 0 bridgehead atoms. The van der Waals surface area contributed by atoms with E-state index in [1.807, 2.05) is 35.8 Å². The van der Waals surface area contributed by atoms with Gasteiger partial charge in [-0.3, -0.25) is 4.79 Å². The van der Waals surface area contributed by atoms with Gasteiger partial charge in [0.2, 0.25) is 5.91 Å². The van der Waals surface area contributed by atoms with Gasteiger partial charge in [0.15, 0.2) is 0 Å². The van der Waals surface area contributed by atoms with E-state index >= 15 is 0 Å². The Labute approximate surface area is 156 Å². The monoisotopic (exact) mass is 364 g/mol. The van der Waals surface area contributed by atoms with E-state index in [4.69, 9.17) is 0 Å². The van der Waals surface area contributed by atoms with E-state index in [1.165, 1.54) is 13.3 Å². The fourth-order valence-electron chi connectivity index (χ4n) is 2.75. The zero-order valence-electron chi connectivity index (χ0n) is 15.2. The Hall–Kier alpha value is -3.48. The van der Waals surface area contributed by atoms with Crippen molar-refractivity contribution in [2.24, 2.45) is 5.10 Å². The summed E-state index contributed by atoms with van der Waals surface area (Å²) in [6, 6.07) is 14.6. The Morgan fingerprint density at radius 1 is 1.19 bits per heavy atom. The first kappa shape index (κ1) is 18.3. The highest BCUT2D eigenvalue weighted by Crippen LogP contribution is 2.15. The van der Waals surface area contributed by atoms with E-state index < -0.39 is 5.97 Å². The summed E-state index contributed by atoms with van der Waals surface area (Å²) in [4.78, 5) is 27.9. The standard InChI is InChI=1S/C20H20N4O3/c1-14-22-17-5-3-4-6-18(17)24(14)12-11-19(25)23-21-13-15-7-9-16(10-8-15)20(26)27-2/h3-10,13H,11-12H2,1-2H3,(H,23,25)/b21-13-. The molecule has 0 fully saturated rings. The molecule has 27 heavy (non-hydrogen) atoms. The number of rotatable bonds is 6.